The molecular formula is C18H27NO2. The van der Waals surface area contributed by atoms with Crippen LogP contribution in [0.3, 0.4) is 0 Å². The Hall–Kier alpha value is -1.51. The number of likely N-dealkylation sites (tertiary alicyclic amines) is 1. The third-order valence-corrected chi connectivity index (χ3v) is 3.99. The smallest absolute Gasteiger partial charge is 0.410 e. The molecule has 0 aromatic heterocycles. The van der Waals surface area contributed by atoms with E-state index in [1.54, 1.807) is 0 Å². The minimum Gasteiger partial charge on any atom is -0.444 e. The van der Waals surface area contributed by atoms with Crippen molar-refractivity contribution in [3.05, 3.63) is 34.4 Å². The van der Waals surface area contributed by atoms with E-state index in [1.165, 1.54) is 22.3 Å². The molecule has 1 aromatic rings. The molecule has 116 valence electrons. The highest BCUT2D eigenvalue weighted by Crippen LogP contribution is 2.33. The van der Waals surface area contributed by atoms with Crippen LogP contribution in [-0.2, 0) is 4.74 Å². The molecule has 1 amide bonds. The fraction of sp³-hybridized carbons (Fsp3) is 0.611. The Morgan fingerprint density at radius 1 is 1.19 bits per heavy atom. The molecule has 0 bridgehead atoms. The van der Waals surface area contributed by atoms with E-state index < -0.39 is 5.60 Å². The maximum absolute atomic E-state index is 12.2. The molecule has 1 aliphatic heterocycles. The largest absolute Gasteiger partial charge is 0.444 e. The maximum atomic E-state index is 12.2. The van der Waals surface area contributed by atoms with Gasteiger partial charge in [-0.1, -0.05) is 17.7 Å². The van der Waals surface area contributed by atoms with Crippen molar-refractivity contribution in [3.63, 3.8) is 0 Å². The van der Waals surface area contributed by atoms with Gasteiger partial charge in [-0.3, -0.25) is 0 Å². The maximum Gasteiger partial charge on any atom is 0.410 e. The molecule has 3 heteroatoms. The van der Waals surface area contributed by atoms with E-state index in [2.05, 4.69) is 32.9 Å². The van der Waals surface area contributed by atoms with Crippen molar-refractivity contribution >= 4 is 6.09 Å². The van der Waals surface area contributed by atoms with Crippen LogP contribution in [0, 0.1) is 20.8 Å². The minimum absolute atomic E-state index is 0.188. The summed E-state index contributed by atoms with van der Waals surface area (Å²) in [5, 5.41) is 0. The molecule has 21 heavy (non-hydrogen) atoms. The lowest BCUT2D eigenvalue weighted by atomic mass is 9.89. The summed E-state index contributed by atoms with van der Waals surface area (Å²) in [5.74, 6) is 0.429. The zero-order chi connectivity index (χ0) is 15.8. The average molecular weight is 289 g/mol. The topological polar surface area (TPSA) is 29.5 Å². The predicted molar refractivity (Wildman–Crippen MR) is 85.8 cm³/mol. The van der Waals surface area contributed by atoms with Crippen LogP contribution in [0.15, 0.2) is 12.1 Å². The molecule has 3 nitrogen and oxygen atoms in total. The lowest BCUT2D eigenvalue weighted by molar-refractivity contribution is 0.0292. The summed E-state index contributed by atoms with van der Waals surface area (Å²) >= 11 is 0. The van der Waals surface area contributed by atoms with Gasteiger partial charge in [-0.2, -0.15) is 0 Å². The van der Waals surface area contributed by atoms with Crippen LogP contribution in [0.2, 0.25) is 0 Å². The summed E-state index contributed by atoms with van der Waals surface area (Å²) < 4.78 is 5.47. The summed E-state index contributed by atoms with van der Waals surface area (Å²) in [5.41, 5.74) is 4.96. The van der Waals surface area contributed by atoms with Crippen LogP contribution >= 0.6 is 0 Å². The number of amides is 1. The molecule has 0 N–H and O–H groups in total. The highest BCUT2D eigenvalue weighted by atomic mass is 16.6. The first-order valence-corrected chi connectivity index (χ1v) is 7.73. The van der Waals surface area contributed by atoms with Crippen molar-refractivity contribution in [2.75, 3.05) is 13.1 Å². The molecule has 2 rings (SSSR count). The van der Waals surface area contributed by atoms with E-state index in [0.29, 0.717) is 5.92 Å². The normalized spacial score (nSPS) is 19.0. The van der Waals surface area contributed by atoms with Crippen LogP contribution in [0.4, 0.5) is 4.79 Å². The molecule has 0 aliphatic carbocycles. The first kappa shape index (κ1) is 15.9. The summed E-state index contributed by atoms with van der Waals surface area (Å²) in [6.07, 6.45) is 0.830. The number of rotatable bonds is 1. The van der Waals surface area contributed by atoms with Crippen molar-refractivity contribution in [2.45, 2.75) is 59.5 Å². The van der Waals surface area contributed by atoms with Gasteiger partial charge in [-0.15, -0.1) is 0 Å². The van der Waals surface area contributed by atoms with Gasteiger partial charge in [0, 0.05) is 19.0 Å². The van der Waals surface area contributed by atoms with Gasteiger partial charge in [0.2, 0.25) is 0 Å². The van der Waals surface area contributed by atoms with Crippen LogP contribution < -0.4 is 0 Å². The van der Waals surface area contributed by atoms with Crippen molar-refractivity contribution in [1.29, 1.82) is 0 Å². The lowest BCUT2D eigenvalue weighted by Crippen LogP contribution is -2.35. The Kier molecular flexibility index (Phi) is 4.31. The molecule has 0 spiro atoms. The average Bonchev–Trinajstić information content (AvgIpc) is 2.74. The Balaban J connectivity index is 2.11. The number of carbonyl (C=O) groups excluding carboxylic acids is 1. The van der Waals surface area contributed by atoms with Gasteiger partial charge in [0.15, 0.2) is 0 Å². The molecule has 0 radical (unpaired) electrons. The molecular weight excluding hydrogens is 262 g/mol. The van der Waals surface area contributed by atoms with Gasteiger partial charge in [0.1, 0.15) is 5.60 Å². The number of hydrogen-bond acceptors (Lipinski definition) is 2. The number of aryl methyl sites for hydroxylation is 3. The molecule has 0 saturated carbocycles. The van der Waals surface area contributed by atoms with E-state index in [4.69, 9.17) is 4.74 Å². The van der Waals surface area contributed by atoms with E-state index in [-0.39, 0.29) is 6.09 Å². The predicted octanol–water partition coefficient (Wildman–Crippen LogP) is 4.34. The van der Waals surface area contributed by atoms with E-state index in [0.717, 1.165) is 19.5 Å². The molecule has 1 aromatic carbocycles. The molecule has 1 saturated heterocycles. The van der Waals surface area contributed by atoms with Gasteiger partial charge in [0.05, 0.1) is 0 Å². The Morgan fingerprint density at radius 3 is 2.29 bits per heavy atom. The fourth-order valence-electron chi connectivity index (χ4n) is 3.32. The Labute approximate surface area is 128 Å². The van der Waals surface area contributed by atoms with Crippen LogP contribution in [0.1, 0.15) is 55.4 Å². The second-order valence-corrected chi connectivity index (χ2v) is 7.22. The third-order valence-electron chi connectivity index (χ3n) is 3.99. The quantitative estimate of drug-likeness (QED) is 0.770. The van der Waals surface area contributed by atoms with Gasteiger partial charge < -0.3 is 9.64 Å². The van der Waals surface area contributed by atoms with Crippen molar-refractivity contribution < 1.29 is 9.53 Å². The van der Waals surface area contributed by atoms with Gasteiger partial charge >= 0.3 is 6.09 Å². The Bertz CT molecular complexity index is 520. The minimum atomic E-state index is -0.426. The van der Waals surface area contributed by atoms with Gasteiger partial charge in [-0.05, 0) is 64.7 Å². The van der Waals surface area contributed by atoms with E-state index in [9.17, 15) is 4.79 Å². The summed E-state index contributed by atoms with van der Waals surface area (Å²) in [7, 11) is 0. The van der Waals surface area contributed by atoms with Gasteiger partial charge in [-0.25, -0.2) is 4.79 Å². The number of ether oxygens (including phenoxy) is 1. The Morgan fingerprint density at radius 2 is 1.76 bits per heavy atom. The third kappa shape index (κ3) is 3.78. The van der Waals surface area contributed by atoms with Crippen LogP contribution in [-0.4, -0.2) is 29.7 Å². The van der Waals surface area contributed by atoms with Crippen molar-refractivity contribution in [2.24, 2.45) is 0 Å². The van der Waals surface area contributed by atoms with Crippen molar-refractivity contribution in [3.8, 4) is 0 Å². The zero-order valence-corrected chi connectivity index (χ0v) is 14.1. The molecule has 1 aliphatic rings. The summed E-state index contributed by atoms with van der Waals surface area (Å²) in [4.78, 5) is 14.0. The first-order valence-electron chi connectivity index (χ1n) is 7.73. The SMILES string of the molecule is Cc1cc(C)c(C2CCN(C(=O)OC(C)(C)C)C2)c(C)c1. The highest BCUT2D eigenvalue weighted by Gasteiger charge is 2.31. The monoisotopic (exact) mass is 289 g/mol. The van der Waals surface area contributed by atoms with E-state index >= 15 is 0 Å². The second-order valence-electron chi connectivity index (χ2n) is 7.22. The number of hydrogen-bond donors (Lipinski definition) is 0. The van der Waals surface area contributed by atoms with Crippen LogP contribution in [0.25, 0.3) is 0 Å². The summed E-state index contributed by atoms with van der Waals surface area (Å²) in [6.45, 7) is 13.8. The molecule has 1 fully saturated rings. The fourth-order valence-corrected chi connectivity index (χ4v) is 3.32. The number of nitrogens with zero attached hydrogens (tertiary/aromatic N) is 1. The van der Waals surface area contributed by atoms with E-state index in [1.807, 2.05) is 25.7 Å². The molecule has 1 unspecified atom stereocenters. The first-order chi connectivity index (χ1) is 9.67. The van der Waals surface area contributed by atoms with Crippen LogP contribution in [0.5, 0.6) is 0 Å². The lowest BCUT2D eigenvalue weighted by Gasteiger charge is -2.25. The summed E-state index contributed by atoms with van der Waals surface area (Å²) in [6, 6.07) is 4.47. The van der Waals surface area contributed by atoms with Crippen molar-refractivity contribution in [1.82, 2.24) is 4.90 Å². The highest BCUT2D eigenvalue weighted by molar-refractivity contribution is 5.68. The number of carbonyl (C=O) groups is 1. The number of benzene rings is 1. The second kappa shape index (κ2) is 5.70. The van der Waals surface area contributed by atoms with Gasteiger partial charge in [0.25, 0.3) is 0 Å². The molecule has 1 atom stereocenters. The zero-order valence-electron chi connectivity index (χ0n) is 14.1. The molecule has 1 heterocycles. The standard InChI is InChI=1S/C18H27NO2/c1-12-9-13(2)16(14(3)10-12)15-7-8-19(11-15)17(20)21-18(4,5)6/h9-10,15H,7-8,11H2,1-6H3.